The number of sulfonamides is 1. The van der Waals surface area contributed by atoms with Crippen LogP contribution in [0.3, 0.4) is 0 Å². The summed E-state index contributed by atoms with van der Waals surface area (Å²) in [6.07, 6.45) is 0. The predicted octanol–water partition coefficient (Wildman–Crippen LogP) is 4.84. The minimum atomic E-state index is -4.14. The number of hydrogen-bond donors (Lipinski definition) is 1. The zero-order chi connectivity index (χ0) is 29.3. The Bertz CT molecular complexity index is 1740. The van der Waals surface area contributed by atoms with Crippen molar-refractivity contribution in [3.63, 3.8) is 0 Å². The van der Waals surface area contributed by atoms with Crippen molar-refractivity contribution in [2.24, 2.45) is 0 Å². The first-order valence-electron chi connectivity index (χ1n) is 12.8. The summed E-state index contributed by atoms with van der Waals surface area (Å²) in [5.74, 6) is -2.81. The first-order chi connectivity index (χ1) is 19.6. The van der Waals surface area contributed by atoms with Crippen LogP contribution >= 0.6 is 0 Å². The van der Waals surface area contributed by atoms with Gasteiger partial charge in [-0.25, -0.2) is 22.4 Å². The number of fused-ring (bicyclic) bond motifs is 2. The maximum absolute atomic E-state index is 13.7. The summed E-state index contributed by atoms with van der Waals surface area (Å²) in [5, 5.41) is 1.28. The first kappa shape index (κ1) is 27.8. The molecule has 0 spiro atoms. The average Bonchev–Trinajstić information content (AvgIpc) is 3.20. The molecular formula is C30H25FN2O7S. The van der Waals surface area contributed by atoms with Gasteiger partial charge in [-0.05, 0) is 49.7 Å². The number of carbonyl (C=O) groups is 3. The Balaban J connectivity index is 1.44. The molecule has 0 atom stereocenters. The largest absolute Gasteiger partial charge is 0.492 e. The van der Waals surface area contributed by atoms with Crippen molar-refractivity contribution in [2.45, 2.75) is 19.6 Å². The minimum Gasteiger partial charge on any atom is -0.492 e. The Labute approximate surface area is 235 Å². The normalized spacial score (nSPS) is 12.9. The monoisotopic (exact) mass is 576 g/mol. The van der Waals surface area contributed by atoms with Crippen LogP contribution < -0.4 is 19.1 Å². The second-order valence-corrected chi connectivity index (χ2v) is 10.9. The van der Waals surface area contributed by atoms with E-state index in [0.717, 1.165) is 17.0 Å². The molecule has 1 N–H and O–H groups in total. The number of imide groups is 1. The summed E-state index contributed by atoms with van der Waals surface area (Å²) < 4.78 is 52.3. The Morgan fingerprint density at radius 3 is 1.90 bits per heavy atom. The van der Waals surface area contributed by atoms with Crippen molar-refractivity contribution in [3.8, 4) is 11.5 Å². The molecule has 1 heterocycles. The van der Waals surface area contributed by atoms with Gasteiger partial charge in [0.2, 0.25) is 10.0 Å². The molecule has 3 amide bonds. The summed E-state index contributed by atoms with van der Waals surface area (Å²) in [4.78, 5) is 40.7. The molecule has 9 nitrogen and oxygen atoms in total. The van der Waals surface area contributed by atoms with Crippen molar-refractivity contribution in [1.29, 1.82) is 0 Å². The first-order valence-corrected chi connectivity index (χ1v) is 14.4. The van der Waals surface area contributed by atoms with Gasteiger partial charge in [0, 0.05) is 16.3 Å². The van der Waals surface area contributed by atoms with E-state index in [4.69, 9.17) is 9.47 Å². The summed E-state index contributed by atoms with van der Waals surface area (Å²) in [6, 6.07) is 17.6. The third-order valence-electron chi connectivity index (χ3n) is 6.42. The van der Waals surface area contributed by atoms with Gasteiger partial charge in [-0.15, -0.1) is 0 Å². The number of benzene rings is 4. The van der Waals surface area contributed by atoms with E-state index in [2.05, 4.69) is 0 Å². The molecule has 1 aliphatic heterocycles. The lowest BCUT2D eigenvalue weighted by atomic mass is 9.99. The Morgan fingerprint density at radius 1 is 0.829 bits per heavy atom. The lowest BCUT2D eigenvalue weighted by Gasteiger charge is -2.15. The highest BCUT2D eigenvalue weighted by molar-refractivity contribution is 7.89. The van der Waals surface area contributed by atoms with Crippen LogP contribution in [0.1, 0.15) is 50.5 Å². The number of hydrogen-bond acceptors (Lipinski definition) is 7. The van der Waals surface area contributed by atoms with E-state index >= 15 is 0 Å². The van der Waals surface area contributed by atoms with Crippen LogP contribution in [0.5, 0.6) is 11.5 Å². The Kier molecular flexibility index (Phi) is 7.46. The molecule has 0 saturated carbocycles. The zero-order valence-corrected chi connectivity index (χ0v) is 23.0. The molecule has 11 heteroatoms. The van der Waals surface area contributed by atoms with Crippen LogP contribution in [-0.2, 0) is 15.8 Å². The number of carbonyl (C=O) groups excluding carboxylic acids is 3. The SMILES string of the molecule is CCOc1c2c(c(OCC)c3ccccc13)C(=O)N(c1ccc(CS(=O)(=O)NC(=O)c3cccc(F)c3)cc1)C2=O. The topological polar surface area (TPSA) is 119 Å². The lowest BCUT2D eigenvalue weighted by Crippen LogP contribution is -2.31. The third kappa shape index (κ3) is 5.23. The van der Waals surface area contributed by atoms with Gasteiger partial charge in [-0.2, -0.15) is 0 Å². The van der Waals surface area contributed by atoms with E-state index in [1.54, 1.807) is 38.1 Å². The van der Waals surface area contributed by atoms with Gasteiger partial charge < -0.3 is 9.47 Å². The maximum Gasteiger partial charge on any atom is 0.270 e. The molecular weight excluding hydrogens is 551 g/mol. The van der Waals surface area contributed by atoms with Crippen molar-refractivity contribution in [2.75, 3.05) is 18.1 Å². The molecule has 0 radical (unpaired) electrons. The van der Waals surface area contributed by atoms with Crippen LogP contribution in [-0.4, -0.2) is 39.4 Å². The molecule has 210 valence electrons. The highest BCUT2D eigenvalue weighted by Crippen LogP contribution is 2.46. The highest BCUT2D eigenvalue weighted by atomic mass is 32.2. The fourth-order valence-corrected chi connectivity index (χ4v) is 5.85. The third-order valence-corrected chi connectivity index (χ3v) is 7.63. The number of halogens is 1. The van der Waals surface area contributed by atoms with Crippen LogP contribution in [0.2, 0.25) is 0 Å². The summed E-state index contributed by atoms with van der Waals surface area (Å²) >= 11 is 0. The number of rotatable bonds is 9. The van der Waals surface area contributed by atoms with Crippen LogP contribution in [0.15, 0.2) is 72.8 Å². The Morgan fingerprint density at radius 2 is 1.39 bits per heavy atom. The second kappa shape index (κ2) is 11.0. The number of nitrogens with zero attached hydrogens (tertiary/aromatic N) is 1. The summed E-state index contributed by atoms with van der Waals surface area (Å²) in [6.45, 7) is 4.10. The fraction of sp³-hybridized carbons (Fsp3) is 0.167. The van der Waals surface area contributed by atoms with E-state index in [-0.39, 0.29) is 35.6 Å². The second-order valence-electron chi connectivity index (χ2n) is 9.13. The van der Waals surface area contributed by atoms with Gasteiger partial charge in [-0.1, -0.05) is 42.5 Å². The molecule has 0 unspecified atom stereocenters. The van der Waals surface area contributed by atoms with Crippen LogP contribution in [0.4, 0.5) is 10.1 Å². The van der Waals surface area contributed by atoms with Crippen molar-refractivity contribution in [3.05, 3.63) is 101 Å². The molecule has 0 aliphatic carbocycles. The molecule has 1 aliphatic rings. The molecule has 5 rings (SSSR count). The van der Waals surface area contributed by atoms with Crippen molar-refractivity contribution >= 4 is 44.2 Å². The van der Waals surface area contributed by atoms with E-state index in [9.17, 15) is 27.2 Å². The van der Waals surface area contributed by atoms with Crippen molar-refractivity contribution < 1.29 is 36.7 Å². The lowest BCUT2D eigenvalue weighted by molar-refractivity contribution is 0.0922. The van der Waals surface area contributed by atoms with E-state index in [0.29, 0.717) is 27.8 Å². The van der Waals surface area contributed by atoms with Gasteiger partial charge in [0.25, 0.3) is 17.7 Å². The molecule has 0 fully saturated rings. The fourth-order valence-electron chi connectivity index (χ4n) is 4.75. The van der Waals surface area contributed by atoms with Crippen LogP contribution in [0.25, 0.3) is 10.8 Å². The predicted molar refractivity (Wildman–Crippen MR) is 150 cm³/mol. The van der Waals surface area contributed by atoms with Gasteiger partial charge in [0.05, 0.1) is 35.8 Å². The van der Waals surface area contributed by atoms with Crippen LogP contribution in [0, 0.1) is 5.82 Å². The molecule has 0 saturated heterocycles. The van der Waals surface area contributed by atoms with Gasteiger partial charge >= 0.3 is 0 Å². The standard InChI is InChI=1S/C30H25FN2O7S/c1-3-39-26-22-10-5-6-11-23(22)27(40-4-2)25-24(26)29(35)33(30(25)36)21-14-12-18(13-15-21)17-41(37,38)32-28(34)19-8-7-9-20(31)16-19/h5-16H,3-4,17H2,1-2H3,(H,32,34). The van der Waals surface area contributed by atoms with E-state index in [1.165, 1.54) is 36.4 Å². The summed E-state index contributed by atoms with van der Waals surface area (Å²) in [7, 11) is -4.14. The van der Waals surface area contributed by atoms with Crippen molar-refractivity contribution in [1.82, 2.24) is 4.72 Å². The Hall–Kier alpha value is -4.77. The summed E-state index contributed by atoms with van der Waals surface area (Å²) in [5.41, 5.74) is 0.576. The zero-order valence-electron chi connectivity index (χ0n) is 22.1. The number of nitrogens with one attached hydrogen (secondary N) is 1. The number of anilines is 1. The molecule has 0 bridgehead atoms. The average molecular weight is 577 g/mol. The maximum atomic E-state index is 13.7. The number of amides is 3. The highest BCUT2D eigenvalue weighted by Gasteiger charge is 2.43. The molecule has 41 heavy (non-hydrogen) atoms. The number of ether oxygens (including phenoxy) is 2. The van der Waals surface area contributed by atoms with Gasteiger partial charge in [0.1, 0.15) is 17.3 Å². The molecule has 0 aromatic heterocycles. The molecule has 4 aromatic rings. The smallest absolute Gasteiger partial charge is 0.270 e. The van der Waals surface area contributed by atoms with Gasteiger partial charge in [0.15, 0.2) is 0 Å². The minimum absolute atomic E-state index is 0.103. The quantitative estimate of drug-likeness (QED) is 0.283. The van der Waals surface area contributed by atoms with E-state index in [1.807, 2.05) is 4.72 Å². The van der Waals surface area contributed by atoms with E-state index < -0.39 is 39.3 Å². The molecule has 4 aromatic carbocycles. The van der Waals surface area contributed by atoms with Gasteiger partial charge in [-0.3, -0.25) is 14.4 Å².